The average molecular weight is 503 g/mol. The van der Waals surface area contributed by atoms with Crippen LogP contribution in [0.4, 0.5) is 17.1 Å². The molecule has 0 unspecified atom stereocenters. The Morgan fingerprint density at radius 3 is 1.97 bits per heavy atom. The molecule has 6 aromatic carbocycles. The highest BCUT2D eigenvalue weighted by Gasteiger charge is 2.23. The van der Waals surface area contributed by atoms with Gasteiger partial charge in [-0.15, -0.1) is 0 Å². The maximum atomic E-state index is 6.86. The number of rotatable bonds is 4. The molecule has 0 bridgehead atoms. The van der Waals surface area contributed by atoms with Gasteiger partial charge in [0.25, 0.3) is 0 Å². The van der Waals surface area contributed by atoms with Gasteiger partial charge in [0.1, 0.15) is 11.1 Å². The topological polar surface area (TPSA) is 42.4 Å². The van der Waals surface area contributed by atoms with Crippen molar-refractivity contribution in [3.05, 3.63) is 133 Å². The Kier molecular flexibility index (Phi) is 4.79. The van der Waals surface area contributed by atoms with Gasteiger partial charge >= 0.3 is 0 Å². The van der Waals surface area contributed by atoms with Gasteiger partial charge in [-0.1, -0.05) is 84.9 Å². The molecule has 2 aromatic heterocycles. The Labute approximate surface area is 224 Å². The first-order chi connectivity index (χ1) is 19.3. The molecule has 0 aliphatic heterocycles. The van der Waals surface area contributed by atoms with E-state index in [-0.39, 0.29) is 0 Å². The van der Waals surface area contributed by atoms with Gasteiger partial charge in [-0.3, -0.25) is 0 Å². The molecule has 0 radical (unpaired) electrons. The van der Waals surface area contributed by atoms with E-state index < -0.39 is 0 Å². The molecule has 184 valence electrons. The SMILES string of the molecule is c1ccc(N(c2ccccc2)c2cccc3c2oc2c(-c4nc5ccccc5o4)cc4ccccc4c23)cc1. The van der Waals surface area contributed by atoms with E-state index in [1.165, 1.54) is 0 Å². The lowest BCUT2D eigenvalue weighted by atomic mass is 10.00. The maximum absolute atomic E-state index is 6.86. The van der Waals surface area contributed by atoms with Crippen LogP contribution in [0.5, 0.6) is 0 Å². The number of aromatic nitrogens is 1. The minimum Gasteiger partial charge on any atom is -0.453 e. The second kappa shape index (κ2) is 8.61. The number of nitrogens with zero attached hydrogens (tertiary/aromatic N) is 2. The largest absolute Gasteiger partial charge is 0.453 e. The van der Waals surface area contributed by atoms with Gasteiger partial charge in [-0.2, -0.15) is 0 Å². The van der Waals surface area contributed by atoms with Crippen LogP contribution in [-0.2, 0) is 0 Å². The van der Waals surface area contributed by atoms with Crippen molar-refractivity contribution in [1.29, 1.82) is 0 Å². The van der Waals surface area contributed by atoms with Crippen molar-refractivity contribution in [3.63, 3.8) is 0 Å². The first kappa shape index (κ1) is 21.7. The van der Waals surface area contributed by atoms with Crippen molar-refractivity contribution in [2.24, 2.45) is 0 Å². The van der Waals surface area contributed by atoms with Gasteiger partial charge in [0.15, 0.2) is 11.2 Å². The van der Waals surface area contributed by atoms with Crippen molar-refractivity contribution in [2.45, 2.75) is 0 Å². The van der Waals surface area contributed by atoms with Crippen LogP contribution in [0.3, 0.4) is 0 Å². The van der Waals surface area contributed by atoms with Crippen LogP contribution in [0, 0.1) is 0 Å². The molecular weight excluding hydrogens is 480 g/mol. The number of hydrogen-bond acceptors (Lipinski definition) is 4. The molecule has 0 saturated heterocycles. The summed E-state index contributed by atoms with van der Waals surface area (Å²) in [6, 6.07) is 45.5. The summed E-state index contributed by atoms with van der Waals surface area (Å²) in [4.78, 5) is 7.07. The molecule has 0 saturated carbocycles. The molecule has 0 amide bonds. The smallest absolute Gasteiger partial charge is 0.231 e. The summed E-state index contributed by atoms with van der Waals surface area (Å²) < 4.78 is 13.1. The van der Waals surface area contributed by atoms with E-state index in [4.69, 9.17) is 13.8 Å². The molecular formula is C35H22N2O2. The van der Waals surface area contributed by atoms with Crippen molar-refractivity contribution >= 4 is 60.9 Å². The number of fused-ring (bicyclic) bond motifs is 6. The van der Waals surface area contributed by atoms with Crippen LogP contribution >= 0.6 is 0 Å². The van der Waals surface area contributed by atoms with E-state index in [1.54, 1.807) is 0 Å². The fourth-order valence-electron chi connectivity index (χ4n) is 5.54. The second-order valence-corrected chi connectivity index (χ2v) is 9.60. The van der Waals surface area contributed by atoms with Gasteiger partial charge in [0.05, 0.1) is 11.3 Å². The molecule has 2 heterocycles. The minimum absolute atomic E-state index is 0.551. The monoisotopic (exact) mass is 502 g/mol. The molecule has 39 heavy (non-hydrogen) atoms. The number of oxazole rings is 1. The number of para-hydroxylation sites is 5. The molecule has 0 aliphatic carbocycles. The van der Waals surface area contributed by atoms with Gasteiger partial charge in [0, 0.05) is 22.1 Å². The average Bonchev–Trinajstić information content (AvgIpc) is 3.61. The predicted octanol–water partition coefficient (Wildman–Crippen LogP) is 10.0. The van der Waals surface area contributed by atoms with Gasteiger partial charge < -0.3 is 13.7 Å². The van der Waals surface area contributed by atoms with Crippen LogP contribution in [0.1, 0.15) is 0 Å². The summed E-state index contributed by atoms with van der Waals surface area (Å²) >= 11 is 0. The summed E-state index contributed by atoms with van der Waals surface area (Å²) in [6.07, 6.45) is 0. The zero-order chi connectivity index (χ0) is 25.8. The number of benzene rings is 6. The first-order valence-electron chi connectivity index (χ1n) is 13.0. The minimum atomic E-state index is 0.551. The Morgan fingerprint density at radius 2 is 1.21 bits per heavy atom. The Morgan fingerprint density at radius 1 is 0.538 bits per heavy atom. The van der Waals surface area contributed by atoms with Crippen molar-refractivity contribution < 1.29 is 8.83 Å². The summed E-state index contributed by atoms with van der Waals surface area (Å²) in [6.45, 7) is 0. The van der Waals surface area contributed by atoms with E-state index in [1.807, 2.05) is 36.4 Å². The van der Waals surface area contributed by atoms with E-state index in [0.717, 1.165) is 66.4 Å². The van der Waals surface area contributed by atoms with Crippen molar-refractivity contribution in [3.8, 4) is 11.5 Å². The molecule has 8 aromatic rings. The summed E-state index contributed by atoms with van der Waals surface area (Å²) in [7, 11) is 0. The normalized spacial score (nSPS) is 11.6. The van der Waals surface area contributed by atoms with Crippen LogP contribution in [0.25, 0.3) is 55.3 Å². The fraction of sp³-hybridized carbons (Fsp3) is 0. The summed E-state index contributed by atoms with van der Waals surface area (Å²) in [5.41, 5.74) is 7.08. The molecule has 4 nitrogen and oxygen atoms in total. The van der Waals surface area contributed by atoms with Crippen LogP contribution in [0.2, 0.25) is 0 Å². The first-order valence-corrected chi connectivity index (χ1v) is 13.0. The third-order valence-electron chi connectivity index (χ3n) is 7.26. The Bertz CT molecular complexity index is 2050. The van der Waals surface area contributed by atoms with Crippen LogP contribution in [0.15, 0.2) is 142 Å². The standard InChI is InChI=1S/C35H22N2O2/c1-3-13-24(14-4-1)37(25-15-5-2-6-16-25)30-20-11-18-27-32-26-17-8-7-12-23(26)22-28(34(32)39-33(27)30)35-36-29-19-9-10-21-31(29)38-35/h1-22H. The highest BCUT2D eigenvalue weighted by molar-refractivity contribution is 6.24. The van der Waals surface area contributed by atoms with Gasteiger partial charge in [-0.05, 0) is 59.3 Å². The number of anilines is 3. The quantitative estimate of drug-likeness (QED) is 0.240. The fourth-order valence-corrected chi connectivity index (χ4v) is 5.54. The number of furan rings is 1. The van der Waals surface area contributed by atoms with E-state index in [2.05, 4.69) is 102 Å². The van der Waals surface area contributed by atoms with E-state index >= 15 is 0 Å². The molecule has 0 fully saturated rings. The van der Waals surface area contributed by atoms with Crippen molar-refractivity contribution in [1.82, 2.24) is 4.98 Å². The lowest BCUT2D eigenvalue weighted by Gasteiger charge is -2.25. The van der Waals surface area contributed by atoms with Crippen molar-refractivity contribution in [2.75, 3.05) is 4.90 Å². The third-order valence-corrected chi connectivity index (χ3v) is 7.26. The lowest BCUT2D eigenvalue weighted by Crippen LogP contribution is -2.09. The van der Waals surface area contributed by atoms with E-state index in [0.29, 0.717) is 5.89 Å². The summed E-state index contributed by atoms with van der Waals surface area (Å²) in [5.74, 6) is 0.551. The molecule has 0 spiro atoms. The molecule has 0 N–H and O–H groups in total. The summed E-state index contributed by atoms with van der Waals surface area (Å²) in [5, 5.41) is 4.35. The Balaban J connectivity index is 1.47. The predicted molar refractivity (Wildman–Crippen MR) is 159 cm³/mol. The number of hydrogen-bond donors (Lipinski definition) is 0. The third kappa shape index (κ3) is 3.42. The molecule has 0 atom stereocenters. The molecule has 8 rings (SSSR count). The zero-order valence-electron chi connectivity index (χ0n) is 20.9. The molecule has 0 aliphatic rings. The Hall–Kier alpha value is -5.35. The zero-order valence-corrected chi connectivity index (χ0v) is 20.9. The van der Waals surface area contributed by atoms with Gasteiger partial charge in [-0.25, -0.2) is 4.98 Å². The lowest BCUT2D eigenvalue weighted by molar-refractivity contribution is 0.615. The maximum Gasteiger partial charge on any atom is 0.231 e. The van der Waals surface area contributed by atoms with E-state index in [9.17, 15) is 0 Å². The highest BCUT2D eigenvalue weighted by Crippen LogP contribution is 2.46. The molecule has 4 heteroatoms. The second-order valence-electron chi connectivity index (χ2n) is 9.60. The van der Waals surface area contributed by atoms with Crippen LogP contribution < -0.4 is 4.90 Å². The van der Waals surface area contributed by atoms with Gasteiger partial charge in [0.2, 0.25) is 5.89 Å². The van der Waals surface area contributed by atoms with Crippen LogP contribution in [-0.4, -0.2) is 4.98 Å². The highest BCUT2D eigenvalue weighted by atomic mass is 16.4.